The molecule has 596 valence electrons. The van der Waals surface area contributed by atoms with Crippen molar-refractivity contribution in [1.82, 2.24) is 34.9 Å². The van der Waals surface area contributed by atoms with Crippen molar-refractivity contribution in [3.8, 4) is 77.9 Å². The van der Waals surface area contributed by atoms with E-state index in [2.05, 4.69) is 319 Å². The van der Waals surface area contributed by atoms with E-state index in [9.17, 15) is 0 Å². The summed E-state index contributed by atoms with van der Waals surface area (Å²) >= 11 is 0. The van der Waals surface area contributed by atoms with Crippen LogP contribution < -0.4 is 0 Å². The van der Waals surface area contributed by atoms with Gasteiger partial charge in [-0.1, -0.05) is 60.7 Å². The minimum Gasteiger partial charge on any atom is -0.260 e. The summed E-state index contributed by atoms with van der Waals surface area (Å²) in [5.41, 5.74) is 75.3. The van der Waals surface area contributed by atoms with Crippen LogP contribution in [0.5, 0.6) is 0 Å². The van der Waals surface area contributed by atoms with Crippen LogP contribution in [0.3, 0.4) is 0 Å². The van der Waals surface area contributed by atoms with Gasteiger partial charge in [-0.2, -0.15) is 0 Å². The standard InChI is InChI=1S/6C16H17N.C15H15N/c1-9-5-15-14-6-10(2)11(3)12(4)13(14)7-16(15)17-8-9;1-9-5-14-15(17-8-9)7-13-6-10(2)11(3)12(4)16(13)14;1-9-7-15-13-6-5-10(2)17-16(13)8-14(15)12(4)11(9)3;1-9-5-6-17-15-8-13-12(4)11(3)10(2)7-14(13)16(9)15;1-9-5-6-17-14-8-13-7-10(2)11(3)12(4)16(13)15(9)14;1-9-10(2)12(4)16-13-6-5-7-17-15(13)8-14(16)11(9)3;1-9-6-12-8-15-13(5-4-11(3)16-15)14(12)7-10(9)2/h2*5-6,8H,7H2,1-4H3;4*5-7H,8H2,1-4H3;4-7H,8H2,1-3H3. The molecule has 7 aliphatic rings. The SMILES string of the molecule is Cc1c(C)c(C)c2c(c1C)Cc1ncccc1-2.Cc1cc2c(c(C)c1C)-c1c(C)ccnc1C2.Cc1cc2c(c(C)c1C)Cc1nccc(C)c1-2.Cc1ccc2c(n1)Cc1c-2cc(C)c(C)c1C.Cc1ccc2c(n1)Cc1cc(C)c(C)cc1-2.Cc1cnc2c(c1)-c1c(cc(C)c(C)c1C)C2.Cc1cnc2c(c1)-c1cc(C)c(C)c(C)c1C2. The summed E-state index contributed by atoms with van der Waals surface area (Å²) in [6, 6.07) is 37.9. The molecule has 0 bridgehead atoms. The van der Waals surface area contributed by atoms with E-state index in [1.165, 1.54) is 296 Å². The molecule has 14 aromatic rings. The summed E-state index contributed by atoms with van der Waals surface area (Å²) in [5, 5.41) is 0. The minimum atomic E-state index is 0.993. The Kier molecular flexibility index (Phi) is 22.3. The largest absolute Gasteiger partial charge is 0.260 e. The molecule has 7 aromatic heterocycles. The predicted molar refractivity (Wildman–Crippen MR) is 495 cm³/mol. The van der Waals surface area contributed by atoms with E-state index in [4.69, 9.17) is 0 Å². The fourth-order valence-corrected chi connectivity index (χ4v) is 19.5. The van der Waals surface area contributed by atoms with Crippen LogP contribution in [0.2, 0.25) is 0 Å². The van der Waals surface area contributed by atoms with Crippen LogP contribution in [0, 0.1) is 187 Å². The fourth-order valence-electron chi connectivity index (χ4n) is 19.5. The van der Waals surface area contributed by atoms with Gasteiger partial charge in [0, 0.05) is 126 Å². The summed E-state index contributed by atoms with van der Waals surface area (Å²) in [7, 11) is 0. The van der Waals surface area contributed by atoms with Gasteiger partial charge in [-0.05, 0) is 446 Å². The Morgan fingerprint density at radius 1 is 0.195 bits per heavy atom. The van der Waals surface area contributed by atoms with Crippen molar-refractivity contribution in [2.45, 2.75) is 232 Å². The van der Waals surface area contributed by atoms with Crippen molar-refractivity contribution in [2.75, 3.05) is 0 Å². The number of benzene rings is 7. The van der Waals surface area contributed by atoms with E-state index in [0.717, 1.165) is 56.3 Å². The number of pyridine rings is 7. The van der Waals surface area contributed by atoms with Gasteiger partial charge >= 0.3 is 0 Å². The maximum Gasteiger partial charge on any atom is 0.0529 e. The number of hydrogen-bond acceptors (Lipinski definition) is 7. The molecule has 0 aliphatic heterocycles. The normalized spacial score (nSPS) is 12.5. The van der Waals surface area contributed by atoms with Gasteiger partial charge in [-0.3, -0.25) is 34.9 Å². The van der Waals surface area contributed by atoms with Crippen LogP contribution in [0.1, 0.15) is 229 Å². The Bertz CT molecular complexity index is 6530. The summed E-state index contributed by atoms with van der Waals surface area (Å²) in [4.78, 5) is 32.0. The van der Waals surface area contributed by atoms with Crippen LogP contribution in [-0.4, -0.2) is 34.9 Å². The molecule has 7 aromatic carbocycles. The number of rotatable bonds is 0. The third-order valence-corrected chi connectivity index (χ3v) is 28.1. The number of hydrogen-bond donors (Lipinski definition) is 0. The van der Waals surface area contributed by atoms with Crippen LogP contribution >= 0.6 is 0 Å². The van der Waals surface area contributed by atoms with Crippen molar-refractivity contribution >= 4 is 0 Å². The Morgan fingerprint density at radius 2 is 0.568 bits per heavy atom. The van der Waals surface area contributed by atoms with Crippen molar-refractivity contribution in [1.29, 1.82) is 0 Å². The van der Waals surface area contributed by atoms with Crippen molar-refractivity contribution in [2.24, 2.45) is 0 Å². The molecule has 7 heterocycles. The third-order valence-electron chi connectivity index (χ3n) is 28.1. The highest BCUT2D eigenvalue weighted by Crippen LogP contribution is 2.48. The maximum absolute atomic E-state index is 4.67. The smallest absolute Gasteiger partial charge is 0.0529 e. The Morgan fingerprint density at radius 3 is 1.16 bits per heavy atom. The van der Waals surface area contributed by atoms with Gasteiger partial charge in [0.2, 0.25) is 0 Å². The van der Waals surface area contributed by atoms with Crippen molar-refractivity contribution in [3.63, 3.8) is 0 Å². The average Bonchev–Trinajstić information content (AvgIpc) is 1.60. The average molecular weight is 1550 g/mol. The summed E-state index contributed by atoms with van der Waals surface area (Å²) in [6.45, 7) is 59.3. The Labute approximate surface area is 703 Å². The zero-order valence-corrected chi connectivity index (χ0v) is 75.3. The lowest BCUT2D eigenvalue weighted by Crippen LogP contribution is -1.98. The molecule has 0 amide bonds. The molecule has 0 saturated carbocycles. The molecule has 0 fully saturated rings. The molecular weight excluding hydrogens is 1430 g/mol. The zero-order valence-electron chi connectivity index (χ0n) is 75.3. The van der Waals surface area contributed by atoms with Crippen LogP contribution in [0.4, 0.5) is 0 Å². The second kappa shape index (κ2) is 32.1. The van der Waals surface area contributed by atoms with Gasteiger partial charge in [0.05, 0.1) is 39.9 Å². The lowest BCUT2D eigenvalue weighted by molar-refractivity contribution is 1.06. The fraction of sp³-hybridized carbons (Fsp3) is 0.306. The highest BCUT2D eigenvalue weighted by atomic mass is 14.7. The quantitative estimate of drug-likeness (QED) is 0.149. The van der Waals surface area contributed by atoms with Gasteiger partial charge in [-0.25, -0.2) is 0 Å². The molecule has 7 nitrogen and oxygen atoms in total. The van der Waals surface area contributed by atoms with E-state index in [1.54, 1.807) is 0 Å². The summed E-state index contributed by atoms with van der Waals surface area (Å²) < 4.78 is 0. The first-order chi connectivity index (χ1) is 56.2. The van der Waals surface area contributed by atoms with E-state index in [0.29, 0.717) is 0 Å². The number of aromatic nitrogens is 7. The van der Waals surface area contributed by atoms with Gasteiger partial charge in [0.1, 0.15) is 0 Å². The third kappa shape index (κ3) is 14.8. The first-order valence-corrected chi connectivity index (χ1v) is 42.5. The van der Waals surface area contributed by atoms with E-state index < -0.39 is 0 Å². The Balaban J connectivity index is 0.000000108. The van der Waals surface area contributed by atoms with Gasteiger partial charge in [-0.15, -0.1) is 0 Å². The van der Waals surface area contributed by atoms with Gasteiger partial charge < -0.3 is 0 Å². The van der Waals surface area contributed by atoms with Crippen molar-refractivity contribution < 1.29 is 0 Å². The number of nitrogens with zero attached hydrogens (tertiary/aromatic N) is 7. The van der Waals surface area contributed by atoms with E-state index in [-0.39, 0.29) is 0 Å². The molecule has 0 radical (unpaired) electrons. The molecule has 0 saturated heterocycles. The van der Waals surface area contributed by atoms with Gasteiger partial charge in [0.15, 0.2) is 0 Å². The highest BCUT2D eigenvalue weighted by Gasteiger charge is 2.31. The van der Waals surface area contributed by atoms with Crippen LogP contribution in [0.25, 0.3) is 77.9 Å². The molecule has 7 heteroatoms. The topological polar surface area (TPSA) is 90.2 Å². The molecule has 0 unspecified atom stereocenters. The molecule has 7 aliphatic carbocycles. The Hall–Kier alpha value is -11.4. The number of fused-ring (bicyclic) bond motifs is 21. The predicted octanol–water partition coefficient (Wildman–Crippen LogP) is 26.9. The first kappa shape index (κ1) is 81.7. The molecule has 0 N–H and O–H groups in total. The summed E-state index contributed by atoms with van der Waals surface area (Å²) in [5.74, 6) is 0. The molecule has 118 heavy (non-hydrogen) atoms. The zero-order chi connectivity index (χ0) is 84.2. The van der Waals surface area contributed by atoms with Crippen molar-refractivity contribution in [3.05, 3.63) is 363 Å². The van der Waals surface area contributed by atoms with E-state index >= 15 is 0 Å². The molecule has 21 rings (SSSR count). The second-order valence-electron chi connectivity index (χ2n) is 35.4. The summed E-state index contributed by atoms with van der Waals surface area (Å²) in [6.07, 6.45) is 16.7. The molecule has 0 spiro atoms. The second-order valence-corrected chi connectivity index (χ2v) is 35.4. The van der Waals surface area contributed by atoms with Crippen LogP contribution in [0.15, 0.2) is 134 Å². The number of aryl methyl sites for hydroxylation is 13. The highest BCUT2D eigenvalue weighted by molar-refractivity contribution is 5.86. The lowest BCUT2D eigenvalue weighted by atomic mass is 9.89. The van der Waals surface area contributed by atoms with Gasteiger partial charge in [0.25, 0.3) is 0 Å². The van der Waals surface area contributed by atoms with Crippen LogP contribution in [-0.2, 0) is 44.9 Å². The minimum absolute atomic E-state index is 0.993. The maximum atomic E-state index is 4.67. The monoisotopic (exact) mass is 1550 g/mol. The lowest BCUT2D eigenvalue weighted by Gasteiger charge is -2.15. The molecular formula is C111H117N7. The van der Waals surface area contributed by atoms with E-state index in [1.807, 2.05) is 37.1 Å². The molecule has 0 atom stereocenters. The first-order valence-electron chi connectivity index (χ1n) is 42.5.